The Balaban J connectivity index is 1.98. The lowest BCUT2D eigenvalue weighted by Crippen LogP contribution is -2.18. The summed E-state index contributed by atoms with van der Waals surface area (Å²) in [6.07, 6.45) is 0. The van der Waals surface area contributed by atoms with E-state index in [1.165, 1.54) is 25.3 Å². The molecule has 0 saturated carbocycles. The molecule has 0 aliphatic rings. The van der Waals surface area contributed by atoms with Gasteiger partial charge in [0, 0.05) is 5.02 Å². The van der Waals surface area contributed by atoms with Gasteiger partial charge in [0.2, 0.25) is 0 Å². The number of esters is 2. The second kappa shape index (κ2) is 8.50. The minimum atomic E-state index is -0.594. The van der Waals surface area contributed by atoms with Gasteiger partial charge in [-0.2, -0.15) is 0 Å². The molecule has 0 atom stereocenters. The molecule has 0 radical (unpaired) electrons. The fourth-order valence-corrected chi connectivity index (χ4v) is 2.97. The first kappa shape index (κ1) is 18.8. The Morgan fingerprint density at radius 2 is 1.71 bits per heavy atom. The molecule has 0 spiro atoms. The number of hydrogen-bond acceptors (Lipinski definition) is 5. The second-order valence-corrected chi connectivity index (χ2v) is 6.62. The van der Waals surface area contributed by atoms with E-state index in [1.807, 2.05) is 0 Å². The molecule has 0 heterocycles. The number of ether oxygens (including phenoxy) is 3. The molecule has 0 aliphatic heterocycles. The van der Waals surface area contributed by atoms with Gasteiger partial charge in [0.1, 0.15) is 11.5 Å². The summed E-state index contributed by atoms with van der Waals surface area (Å²) in [7, 11) is 1.29. The zero-order valence-electron chi connectivity index (χ0n) is 12.3. The quantitative estimate of drug-likeness (QED) is 0.463. The highest BCUT2D eigenvalue weighted by atomic mass is 79.9. The van der Waals surface area contributed by atoms with Crippen molar-refractivity contribution in [2.45, 2.75) is 0 Å². The second-order valence-electron chi connectivity index (χ2n) is 4.47. The van der Waals surface area contributed by atoms with Crippen LogP contribution in [0.25, 0.3) is 0 Å². The normalized spacial score (nSPS) is 10.2. The van der Waals surface area contributed by atoms with Crippen molar-refractivity contribution in [1.29, 1.82) is 0 Å². The van der Waals surface area contributed by atoms with Gasteiger partial charge in [0.25, 0.3) is 0 Å². The van der Waals surface area contributed by atoms with Crippen LogP contribution in [0.2, 0.25) is 5.02 Å². The smallest absolute Gasteiger partial charge is 0.349 e. The van der Waals surface area contributed by atoms with Crippen molar-refractivity contribution in [2.75, 3.05) is 13.7 Å². The standard InChI is InChI=1S/C16H11Br2ClO5/c1-22-16(21)9-2-4-14(11(17)6-9)24-15(20)8-23-13-5-3-10(19)7-12(13)18/h2-7H,8H2,1H3. The molecule has 0 unspecified atom stereocenters. The topological polar surface area (TPSA) is 61.8 Å². The molecular weight excluding hydrogens is 467 g/mol. The van der Waals surface area contributed by atoms with Crippen LogP contribution < -0.4 is 9.47 Å². The predicted molar refractivity (Wildman–Crippen MR) is 95.8 cm³/mol. The summed E-state index contributed by atoms with van der Waals surface area (Å²) in [6.45, 7) is -0.286. The van der Waals surface area contributed by atoms with Crippen molar-refractivity contribution >= 4 is 55.4 Å². The lowest BCUT2D eigenvalue weighted by molar-refractivity contribution is -0.136. The van der Waals surface area contributed by atoms with Gasteiger partial charge in [-0.1, -0.05) is 11.6 Å². The van der Waals surface area contributed by atoms with E-state index in [4.69, 9.17) is 21.1 Å². The average Bonchev–Trinajstić information content (AvgIpc) is 2.55. The summed E-state index contributed by atoms with van der Waals surface area (Å²) in [6, 6.07) is 9.44. The van der Waals surface area contributed by atoms with Crippen molar-refractivity contribution in [3.63, 3.8) is 0 Å². The molecule has 8 heteroatoms. The minimum absolute atomic E-state index is 0.270. The Hall–Kier alpha value is -1.57. The van der Waals surface area contributed by atoms with Gasteiger partial charge in [-0.05, 0) is 68.3 Å². The minimum Gasteiger partial charge on any atom is -0.481 e. The third-order valence-electron chi connectivity index (χ3n) is 2.82. The van der Waals surface area contributed by atoms with Gasteiger partial charge in [-0.15, -0.1) is 0 Å². The molecule has 0 fully saturated rings. The monoisotopic (exact) mass is 476 g/mol. The largest absolute Gasteiger partial charge is 0.481 e. The fraction of sp³-hybridized carbons (Fsp3) is 0.125. The van der Waals surface area contributed by atoms with E-state index in [-0.39, 0.29) is 12.4 Å². The number of carbonyl (C=O) groups is 2. The van der Waals surface area contributed by atoms with Gasteiger partial charge >= 0.3 is 11.9 Å². The molecule has 24 heavy (non-hydrogen) atoms. The van der Waals surface area contributed by atoms with Crippen molar-refractivity contribution in [2.24, 2.45) is 0 Å². The zero-order valence-corrected chi connectivity index (χ0v) is 16.3. The Kier molecular flexibility index (Phi) is 6.65. The van der Waals surface area contributed by atoms with Gasteiger partial charge < -0.3 is 14.2 Å². The van der Waals surface area contributed by atoms with Gasteiger partial charge in [0.05, 0.1) is 21.6 Å². The number of hydrogen-bond donors (Lipinski definition) is 0. The molecule has 2 aromatic rings. The predicted octanol–water partition coefficient (Wildman–Crippen LogP) is 4.64. The average molecular weight is 479 g/mol. The van der Waals surface area contributed by atoms with Crippen LogP contribution in [-0.4, -0.2) is 25.7 Å². The van der Waals surface area contributed by atoms with E-state index in [0.29, 0.717) is 25.3 Å². The summed E-state index contributed by atoms with van der Waals surface area (Å²) < 4.78 is 16.3. The van der Waals surface area contributed by atoms with Gasteiger partial charge in [0.15, 0.2) is 6.61 Å². The summed E-state index contributed by atoms with van der Waals surface area (Å²) in [5, 5.41) is 0.548. The van der Waals surface area contributed by atoms with Crippen LogP contribution in [0.4, 0.5) is 0 Å². The molecular formula is C16H11Br2ClO5. The van der Waals surface area contributed by atoms with E-state index in [0.717, 1.165) is 0 Å². The van der Waals surface area contributed by atoms with E-state index in [9.17, 15) is 9.59 Å². The zero-order chi connectivity index (χ0) is 17.7. The number of benzene rings is 2. The van der Waals surface area contributed by atoms with E-state index in [1.54, 1.807) is 18.2 Å². The highest BCUT2D eigenvalue weighted by Crippen LogP contribution is 2.29. The highest BCUT2D eigenvalue weighted by Gasteiger charge is 2.13. The summed E-state index contributed by atoms with van der Waals surface area (Å²) in [4.78, 5) is 23.3. The maximum atomic E-state index is 11.9. The van der Waals surface area contributed by atoms with Crippen LogP contribution in [-0.2, 0) is 9.53 Å². The van der Waals surface area contributed by atoms with Crippen molar-refractivity contribution in [3.05, 3.63) is 55.9 Å². The Labute approximate surface area is 160 Å². The van der Waals surface area contributed by atoms with Crippen LogP contribution in [0.1, 0.15) is 10.4 Å². The third kappa shape index (κ3) is 4.96. The summed E-state index contributed by atoms with van der Waals surface area (Å²) >= 11 is 12.4. The number of methoxy groups -OCH3 is 1. The Morgan fingerprint density at radius 1 is 1.04 bits per heavy atom. The van der Waals surface area contributed by atoms with Crippen molar-refractivity contribution in [3.8, 4) is 11.5 Å². The molecule has 0 saturated heterocycles. The van der Waals surface area contributed by atoms with Crippen LogP contribution in [0, 0.1) is 0 Å². The lowest BCUT2D eigenvalue weighted by atomic mass is 10.2. The molecule has 0 aromatic heterocycles. The summed E-state index contributed by atoms with van der Waals surface area (Å²) in [5.41, 5.74) is 0.338. The maximum Gasteiger partial charge on any atom is 0.349 e. The molecule has 5 nitrogen and oxygen atoms in total. The van der Waals surface area contributed by atoms with Gasteiger partial charge in [-0.25, -0.2) is 9.59 Å². The van der Waals surface area contributed by atoms with E-state index < -0.39 is 11.9 Å². The van der Waals surface area contributed by atoms with Crippen LogP contribution in [0.3, 0.4) is 0 Å². The first-order valence-corrected chi connectivity index (χ1v) is 8.53. The fourth-order valence-electron chi connectivity index (χ4n) is 1.71. The number of carbonyl (C=O) groups excluding carboxylic acids is 2. The molecule has 0 N–H and O–H groups in total. The van der Waals surface area contributed by atoms with Crippen molar-refractivity contribution in [1.82, 2.24) is 0 Å². The Bertz CT molecular complexity index is 779. The molecule has 0 aliphatic carbocycles. The number of rotatable bonds is 5. The van der Waals surface area contributed by atoms with Crippen LogP contribution in [0.15, 0.2) is 45.3 Å². The molecule has 0 amide bonds. The lowest BCUT2D eigenvalue weighted by Gasteiger charge is -2.10. The molecule has 2 aromatic carbocycles. The van der Waals surface area contributed by atoms with Crippen molar-refractivity contribution < 1.29 is 23.8 Å². The number of halogens is 3. The van der Waals surface area contributed by atoms with Crippen LogP contribution >= 0.6 is 43.5 Å². The van der Waals surface area contributed by atoms with E-state index in [2.05, 4.69) is 36.6 Å². The molecule has 2 rings (SSSR count). The molecule has 126 valence electrons. The first-order chi connectivity index (χ1) is 11.4. The first-order valence-electron chi connectivity index (χ1n) is 6.57. The summed E-state index contributed by atoms with van der Waals surface area (Å²) in [5.74, 6) is -0.337. The SMILES string of the molecule is COC(=O)c1ccc(OC(=O)COc2ccc(Cl)cc2Br)c(Br)c1. The van der Waals surface area contributed by atoms with E-state index >= 15 is 0 Å². The molecule has 0 bridgehead atoms. The maximum absolute atomic E-state index is 11.9. The third-order valence-corrected chi connectivity index (χ3v) is 4.29. The van der Waals surface area contributed by atoms with Gasteiger partial charge in [-0.3, -0.25) is 0 Å². The van der Waals surface area contributed by atoms with Crippen LogP contribution in [0.5, 0.6) is 11.5 Å². The highest BCUT2D eigenvalue weighted by molar-refractivity contribution is 9.10. The Morgan fingerprint density at radius 3 is 2.33 bits per heavy atom.